The molecule has 1 aromatic rings. The minimum Gasteiger partial charge on any atom is -0.370 e. The second-order valence-electron chi connectivity index (χ2n) is 5.78. The molecule has 1 aromatic carbocycles. The molecule has 1 fully saturated rings. The van der Waals surface area contributed by atoms with Gasteiger partial charge in [0, 0.05) is 29.7 Å². The molecule has 1 unspecified atom stereocenters. The monoisotopic (exact) mass is 278 g/mol. The Morgan fingerprint density at radius 2 is 2.26 bits per heavy atom. The van der Waals surface area contributed by atoms with Crippen LogP contribution in [0.1, 0.15) is 26.7 Å². The standard InChI is InChI=1S/C16H26N2S/c1-13(2)10-14-12-18(9-5-8-17-14)15-6-4-7-16(11-15)19-3/h4,6-7,11,13-14,17H,5,8-10,12H2,1-3H3. The maximum Gasteiger partial charge on any atom is 0.0377 e. The average molecular weight is 278 g/mol. The topological polar surface area (TPSA) is 15.3 Å². The lowest BCUT2D eigenvalue weighted by Gasteiger charge is -2.27. The summed E-state index contributed by atoms with van der Waals surface area (Å²) in [5.74, 6) is 0.759. The molecule has 0 radical (unpaired) electrons. The second-order valence-corrected chi connectivity index (χ2v) is 6.66. The largest absolute Gasteiger partial charge is 0.370 e. The highest BCUT2D eigenvalue weighted by Crippen LogP contribution is 2.23. The van der Waals surface area contributed by atoms with Gasteiger partial charge in [-0.3, -0.25) is 0 Å². The first-order chi connectivity index (χ1) is 9.19. The molecule has 0 aliphatic carbocycles. The third-order valence-corrected chi connectivity index (χ3v) is 4.38. The summed E-state index contributed by atoms with van der Waals surface area (Å²) in [4.78, 5) is 3.90. The molecule has 2 rings (SSSR count). The second kappa shape index (κ2) is 7.20. The lowest BCUT2D eigenvalue weighted by atomic mass is 10.0. The van der Waals surface area contributed by atoms with E-state index >= 15 is 0 Å². The zero-order chi connectivity index (χ0) is 13.7. The van der Waals surface area contributed by atoms with Crippen molar-refractivity contribution in [3.63, 3.8) is 0 Å². The highest BCUT2D eigenvalue weighted by atomic mass is 32.2. The fraction of sp³-hybridized carbons (Fsp3) is 0.625. The summed E-state index contributed by atoms with van der Waals surface area (Å²) in [6, 6.07) is 9.56. The van der Waals surface area contributed by atoms with Gasteiger partial charge < -0.3 is 10.2 Å². The van der Waals surface area contributed by atoms with Crippen LogP contribution in [0.2, 0.25) is 0 Å². The summed E-state index contributed by atoms with van der Waals surface area (Å²) in [5, 5.41) is 3.69. The molecule has 0 spiro atoms. The highest BCUT2D eigenvalue weighted by molar-refractivity contribution is 7.98. The van der Waals surface area contributed by atoms with Crippen LogP contribution in [-0.4, -0.2) is 31.9 Å². The first-order valence-electron chi connectivity index (χ1n) is 7.31. The summed E-state index contributed by atoms with van der Waals surface area (Å²) in [6.45, 7) is 8.07. The van der Waals surface area contributed by atoms with Crippen LogP contribution in [0.5, 0.6) is 0 Å². The first kappa shape index (κ1) is 14.7. The molecule has 1 aliphatic heterocycles. The van der Waals surface area contributed by atoms with Gasteiger partial charge in [-0.25, -0.2) is 0 Å². The van der Waals surface area contributed by atoms with E-state index in [9.17, 15) is 0 Å². The van der Waals surface area contributed by atoms with Gasteiger partial charge in [0.05, 0.1) is 0 Å². The van der Waals surface area contributed by atoms with Crippen LogP contribution < -0.4 is 10.2 Å². The summed E-state index contributed by atoms with van der Waals surface area (Å²) < 4.78 is 0. The third-order valence-electron chi connectivity index (χ3n) is 3.65. The van der Waals surface area contributed by atoms with Gasteiger partial charge in [-0.1, -0.05) is 19.9 Å². The summed E-state index contributed by atoms with van der Waals surface area (Å²) in [6.07, 6.45) is 4.64. The Hall–Kier alpha value is -0.670. The molecule has 1 atom stereocenters. The van der Waals surface area contributed by atoms with E-state index in [4.69, 9.17) is 0 Å². The van der Waals surface area contributed by atoms with Crippen molar-refractivity contribution in [2.24, 2.45) is 5.92 Å². The first-order valence-corrected chi connectivity index (χ1v) is 8.54. The number of thioether (sulfide) groups is 1. The van der Waals surface area contributed by atoms with E-state index in [2.05, 4.69) is 54.6 Å². The Morgan fingerprint density at radius 3 is 3.00 bits per heavy atom. The molecule has 1 N–H and O–H groups in total. The molecule has 0 bridgehead atoms. The van der Waals surface area contributed by atoms with E-state index < -0.39 is 0 Å². The predicted molar refractivity (Wildman–Crippen MR) is 86.3 cm³/mol. The van der Waals surface area contributed by atoms with Crippen molar-refractivity contribution in [2.45, 2.75) is 37.6 Å². The van der Waals surface area contributed by atoms with Gasteiger partial charge in [0.15, 0.2) is 0 Å². The molecule has 0 amide bonds. The summed E-state index contributed by atoms with van der Waals surface area (Å²) in [5.41, 5.74) is 1.38. The lowest BCUT2D eigenvalue weighted by Crippen LogP contribution is -2.38. The number of rotatable bonds is 4. The Balaban J connectivity index is 2.08. The summed E-state index contributed by atoms with van der Waals surface area (Å²) in [7, 11) is 0. The quantitative estimate of drug-likeness (QED) is 0.847. The maximum absolute atomic E-state index is 3.69. The molecule has 2 nitrogen and oxygen atoms in total. The van der Waals surface area contributed by atoms with Crippen molar-refractivity contribution in [1.82, 2.24) is 5.32 Å². The number of hydrogen-bond acceptors (Lipinski definition) is 3. The van der Waals surface area contributed by atoms with Crippen molar-refractivity contribution in [2.75, 3.05) is 30.8 Å². The lowest BCUT2D eigenvalue weighted by molar-refractivity contribution is 0.436. The van der Waals surface area contributed by atoms with Crippen molar-refractivity contribution in [1.29, 1.82) is 0 Å². The van der Waals surface area contributed by atoms with E-state index in [1.165, 1.54) is 30.0 Å². The van der Waals surface area contributed by atoms with Gasteiger partial charge in [0.1, 0.15) is 0 Å². The SMILES string of the molecule is CSc1cccc(N2CCCNC(CC(C)C)C2)c1. The van der Waals surface area contributed by atoms with Gasteiger partial charge in [-0.05, 0) is 49.8 Å². The molecular weight excluding hydrogens is 252 g/mol. The fourth-order valence-corrected chi connectivity index (χ4v) is 3.22. The van der Waals surface area contributed by atoms with Crippen molar-refractivity contribution in [3.8, 4) is 0 Å². The molecule has 0 saturated carbocycles. The van der Waals surface area contributed by atoms with Crippen LogP contribution in [0.25, 0.3) is 0 Å². The zero-order valence-corrected chi connectivity index (χ0v) is 13.2. The minimum absolute atomic E-state index is 0.625. The van der Waals surface area contributed by atoms with Gasteiger partial charge in [-0.15, -0.1) is 11.8 Å². The number of anilines is 1. The van der Waals surface area contributed by atoms with Crippen molar-refractivity contribution < 1.29 is 0 Å². The van der Waals surface area contributed by atoms with E-state index in [0.717, 1.165) is 19.0 Å². The van der Waals surface area contributed by atoms with Crippen LogP contribution in [0.3, 0.4) is 0 Å². The van der Waals surface area contributed by atoms with E-state index in [-0.39, 0.29) is 0 Å². The number of nitrogens with one attached hydrogen (secondary N) is 1. The normalized spacial score (nSPS) is 20.6. The van der Waals surface area contributed by atoms with Crippen LogP contribution in [-0.2, 0) is 0 Å². The minimum atomic E-state index is 0.625. The molecule has 3 heteroatoms. The predicted octanol–water partition coefficient (Wildman–Crippen LogP) is 3.62. The Kier molecular flexibility index (Phi) is 5.59. The molecule has 19 heavy (non-hydrogen) atoms. The smallest absolute Gasteiger partial charge is 0.0377 e. The van der Waals surface area contributed by atoms with Gasteiger partial charge in [0.2, 0.25) is 0 Å². The number of nitrogens with zero attached hydrogens (tertiary/aromatic N) is 1. The van der Waals surface area contributed by atoms with Crippen molar-refractivity contribution in [3.05, 3.63) is 24.3 Å². The number of hydrogen-bond donors (Lipinski definition) is 1. The van der Waals surface area contributed by atoms with Gasteiger partial charge >= 0.3 is 0 Å². The van der Waals surface area contributed by atoms with E-state index in [1.54, 1.807) is 0 Å². The molecule has 1 heterocycles. The Bertz CT molecular complexity index is 392. The average Bonchev–Trinajstić information content (AvgIpc) is 2.64. The van der Waals surface area contributed by atoms with Crippen molar-refractivity contribution >= 4 is 17.4 Å². The number of benzene rings is 1. The van der Waals surface area contributed by atoms with E-state index in [1.807, 2.05) is 11.8 Å². The maximum atomic E-state index is 3.69. The third kappa shape index (κ3) is 4.43. The fourth-order valence-electron chi connectivity index (χ4n) is 2.77. The molecule has 106 valence electrons. The highest BCUT2D eigenvalue weighted by Gasteiger charge is 2.18. The molecule has 0 aromatic heterocycles. The van der Waals surface area contributed by atoms with Crippen LogP contribution >= 0.6 is 11.8 Å². The molecule has 1 aliphatic rings. The molecule has 1 saturated heterocycles. The van der Waals surface area contributed by atoms with Gasteiger partial charge in [0.25, 0.3) is 0 Å². The zero-order valence-electron chi connectivity index (χ0n) is 12.4. The Morgan fingerprint density at radius 1 is 1.42 bits per heavy atom. The Labute approximate surface area is 122 Å². The van der Waals surface area contributed by atoms with Crippen LogP contribution in [0.15, 0.2) is 29.2 Å². The van der Waals surface area contributed by atoms with Gasteiger partial charge in [-0.2, -0.15) is 0 Å². The van der Waals surface area contributed by atoms with E-state index in [0.29, 0.717) is 6.04 Å². The summed E-state index contributed by atoms with van der Waals surface area (Å²) >= 11 is 1.82. The van der Waals surface area contributed by atoms with Crippen LogP contribution in [0.4, 0.5) is 5.69 Å². The van der Waals surface area contributed by atoms with Crippen LogP contribution in [0, 0.1) is 5.92 Å². The molecular formula is C16H26N2S.